The SMILES string of the molecule is CC(=O)NC(=S)Nc1cc(C)c(O)c(-c2nc3ccccc3s2)c1. The average molecular weight is 357 g/mol. The molecule has 0 saturated carbocycles. The summed E-state index contributed by atoms with van der Waals surface area (Å²) in [6, 6.07) is 11.4. The molecule has 5 nitrogen and oxygen atoms in total. The first-order valence-corrected chi connectivity index (χ1v) is 8.44. The zero-order chi connectivity index (χ0) is 17.3. The summed E-state index contributed by atoms with van der Waals surface area (Å²) in [5.41, 5.74) is 2.89. The molecule has 24 heavy (non-hydrogen) atoms. The van der Waals surface area contributed by atoms with Crippen LogP contribution in [0.25, 0.3) is 20.8 Å². The number of anilines is 1. The van der Waals surface area contributed by atoms with Gasteiger partial charge in [-0.15, -0.1) is 11.3 Å². The third-order valence-corrected chi connectivity index (χ3v) is 4.65. The molecular weight excluding hydrogens is 342 g/mol. The van der Waals surface area contributed by atoms with Crippen LogP contribution in [0.15, 0.2) is 36.4 Å². The Labute approximate surface area is 148 Å². The lowest BCUT2D eigenvalue weighted by atomic mass is 10.1. The zero-order valence-corrected chi connectivity index (χ0v) is 14.7. The molecule has 0 aliphatic rings. The van der Waals surface area contributed by atoms with Crippen LogP contribution in [0.5, 0.6) is 5.75 Å². The van der Waals surface area contributed by atoms with Crippen molar-refractivity contribution in [2.75, 3.05) is 5.32 Å². The van der Waals surface area contributed by atoms with Gasteiger partial charge in [0.2, 0.25) is 5.91 Å². The normalized spacial score (nSPS) is 10.6. The molecule has 0 atom stereocenters. The van der Waals surface area contributed by atoms with E-state index in [2.05, 4.69) is 15.6 Å². The molecule has 0 radical (unpaired) electrons. The number of nitrogens with one attached hydrogen (secondary N) is 2. The quantitative estimate of drug-likeness (QED) is 0.480. The minimum absolute atomic E-state index is 0.185. The molecule has 3 rings (SSSR count). The number of para-hydroxylation sites is 1. The van der Waals surface area contributed by atoms with E-state index in [1.807, 2.05) is 24.3 Å². The maximum atomic E-state index is 11.1. The molecule has 0 saturated heterocycles. The number of hydrogen-bond donors (Lipinski definition) is 3. The number of aromatic nitrogens is 1. The monoisotopic (exact) mass is 357 g/mol. The molecule has 2 aromatic carbocycles. The number of thiocarbonyl (C=S) groups is 1. The van der Waals surface area contributed by atoms with Crippen molar-refractivity contribution in [2.24, 2.45) is 0 Å². The minimum Gasteiger partial charge on any atom is -0.507 e. The van der Waals surface area contributed by atoms with Gasteiger partial charge in [0.1, 0.15) is 10.8 Å². The molecule has 7 heteroatoms. The van der Waals surface area contributed by atoms with E-state index >= 15 is 0 Å². The summed E-state index contributed by atoms with van der Waals surface area (Å²) in [5, 5.41) is 16.8. The highest BCUT2D eigenvalue weighted by Crippen LogP contribution is 2.38. The second kappa shape index (κ2) is 6.54. The highest BCUT2D eigenvalue weighted by Gasteiger charge is 2.14. The first-order chi connectivity index (χ1) is 11.4. The largest absolute Gasteiger partial charge is 0.507 e. The summed E-state index contributed by atoms with van der Waals surface area (Å²) >= 11 is 6.59. The van der Waals surface area contributed by atoms with Gasteiger partial charge in [-0.1, -0.05) is 12.1 Å². The van der Waals surface area contributed by atoms with E-state index in [9.17, 15) is 9.90 Å². The second-order valence-corrected chi connectivity index (χ2v) is 6.75. The Morgan fingerprint density at radius 3 is 2.75 bits per heavy atom. The van der Waals surface area contributed by atoms with Gasteiger partial charge >= 0.3 is 0 Å². The Bertz CT molecular complexity index is 917. The molecule has 0 bridgehead atoms. The van der Waals surface area contributed by atoms with Gasteiger partial charge in [-0.3, -0.25) is 4.79 Å². The van der Waals surface area contributed by atoms with E-state index < -0.39 is 0 Å². The van der Waals surface area contributed by atoms with Crippen LogP contribution >= 0.6 is 23.6 Å². The molecule has 1 heterocycles. The molecule has 0 spiro atoms. The van der Waals surface area contributed by atoms with E-state index in [-0.39, 0.29) is 16.8 Å². The van der Waals surface area contributed by atoms with Crippen LogP contribution in [0.3, 0.4) is 0 Å². The number of hydrogen-bond acceptors (Lipinski definition) is 5. The van der Waals surface area contributed by atoms with Crippen LogP contribution in [0.1, 0.15) is 12.5 Å². The zero-order valence-electron chi connectivity index (χ0n) is 13.1. The summed E-state index contributed by atoms with van der Waals surface area (Å²) in [4.78, 5) is 15.6. The number of aryl methyl sites for hydroxylation is 1. The van der Waals surface area contributed by atoms with Crippen LogP contribution in [0, 0.1) is 6.92 Å². The molecule has 3 N–H and O–H groups in total. The van der Waals surface area contributed by atoms with Crippen LogP contribution in [-0.2, 0) is 4.79 Å². The summed E-state index contributed by atoms with van der Waals surface area (Å²) < 4.78 is 1.05. The Hall–Kier alpha value is -2.51. The van der Waals surface area contributed by atoms with Crippen molar-refractivity contribution >= 4 is 50.5 Å². The highest BCUT2D eigenvalue weighted by atomic mass is 32.1. The molecule has 3 aromatic rings. The Balaban J connectivity index is 2.01. The molecule has 0 aliphatic carbocycles. The van der Waals surface area contributed by atoms with E-state index in [1.54, 1.807) is 19.1 Å². The van der Waals surface area contributed by atoms with Gasteiger partial charge in [0.05, 0.1) is 15.8 Å². The number of fused-ring (bicyclic) bond motifs is 1. The Kier molecular flexibility index (Phi) is 4.46. The lowest BCUT2D eigenvalue weighted by molar-refractivity contribution is -0.117. The van der Waals surface area contributed by atoms with Gasteiger partial charge in [0.15, 0.2) is 5.11 Å². The van der Waals surface area contributed by atoms with Gasteiger partial charge in [0.25, 0.3) is 0 Å². The highest BCUT2D eigenvalue weighted by molar-refractivity contribution is 7.80. The first kappa shape index (κ1) is 16.4. The number of amides is 1. The molecule has 0 aliphatic heterocycles. The van der Waals surface area contributed by atoms with Crippen molar-refractivity contribution in [1.29, 1.82) is 0 Å². The van der Waals surface area contributed by atoms with Crippen LogP contribution in [0.2, 0.25) is 0 Å². The standard InChI is InChI=1S/C17H15N3O2S2/c1-9-7-11(19-17(23)18-10(2)21)8-12(15(9)22)16-20-13-5-3-4-6-14(13)24-16/h3-8,22H,1-2H3,(H2,18,19,21,23). The van der Waals surface area contributed by atoms with Crippen molar-refractivity contribution in [3.8, 4) is 16.3 Å². The fourth-order valence-corrected chi connectivity index (χ4v) is 3.57. The van der Waals surface area contributed by atoms with Gasteiger partial charge in [-0.25, -0.2) is 4.98 Å². The van der Waals surface area contributed by atoms with E-state index in [4.69, 9.17) is 12.2 Å². The molecule has 0 unspecified atom stereocenters. The number of aromatic hydroxyl groups is 1. The number of phenolic OH excluding ortho intramolecular Hbond substituents is 1. The maximum absolute atomic E-state index is 11.1. The number of benzene rings is 2. The van der Waals surface area contributed by atoms with Crippen LogP contribution < -0.4 is 10.6 Å². The Morgan fingerprint density at radius 1 is 1.29 bits per heavy atom. The third kappa shape index (κ3) is 3.37. The number of carbonyl (C=O) groups is 1. The molecular formula is C17H15N3O2S2. The first-order valence-electron chi connectivity index (χ1n) is 7.22. The molecule has 1 amide bonds. The Morgan fingerprint density at radius 2 is 2.04 bits per heavy atom. The number of phenols is 1. The number of thiazole rings is 1. The van der Waals surface area contributed by atoms with E-state index in [0.29, 0.717) is 16.8 Å². The van der Waals surface area contributed by atoms with Gasteiger partial charge in [0, 0.05) is 12.6 Å². The molecule has 0 fully saturated rings. The summed E-state index contributed by atoms with van der Waals surface area (Å²) in [5.74, 6) is -0.0561. The summed E-state index contributed by atoms with van der Waals surface area (Å²) in [6.45, 7) is 3.20. The van der Waals surface area contributed by atoms with E-state index in [1.165, 1.54) is 18.3 Å². The topological polar surface area (TPSA) is 74.2 Å². The van der Waals surface area contributed by atoms with Crippen LogP contribution in [-0.4, -0.2) is 21.1 Å². The van der Waals surface area contributed by atoms with Crippen molar-refractivity contribution in [2.45, 2.75) is 13.8 Å². The number of nitrogens with zero attached hydrogens (tertiary/aromatic N) is 1. The average Bonchev–Trinajstić information content (AvgIpc) is 2.93. The third-order valence-electron chi connectivity index (χ3n) is 3.37. The summed E-state index contributed by atoms with van der Waals surface area (Å²) in [7, 11) is 0. The summed E-state index contributed by atoms with van der Waals surface area (Å²) in [6.07, 6.45) is 0. The van der Waals surface area contributed by atoms with Crippen molar-refractivity contribution in [3.05, 3.63) is 42.0 Å². The minimum atomic E-state index is -0.241. The van der Waals surface area contributed by atoms with Crippen molar-refractivity contribution in [3.63, 3.8) is 0 Å². The lowest BCUT2D eigenvalue weighted by Crippen LogP contribution is -2.32. The molecule has 1 aromatic heterocycles. The van der Waals surface area contributed by atoms with Gasteiger partial charge in [-0.05, 0) is 49.0 Å². The van der Waals surface area contributed by atoms with Crippen LogP contribution in [0.4, 0.5) is 5.69 Å². The van der Waals surface area contributed by atoms with Crippen molar-refractivity contribution in [1.82, 2.24) is 10.3 Å². The fraction of sp³-hybridized carbons (Fsp3) is 0.118. The molecule has 122 valence electrons. The number of rotatable bonds is 2. The van der Waals surface area contributed by atoms with E-state index in [0.717, 1.165) is 15.2 Å². The van der Waals surface area contributed by atoms with Gasteiger partial charge < -0.3 is 15.7 Å². The lowest BCUT2D eigenvalue weighted by Gasteiger charge is -2.12. The smallest absolute Gasteiger partial charge is 0.222 e. The predicted octanol–water partition coefficient (Wildman–Crippen LogP) is 3.81. The van der Waals surface area contributed by atoms with Gasteiger partial charge in [-0.2, -0.15) is 0 Å². The van der Waals surface area contributed by atoms with Crippen molar-refractivity contribution < 1.29 is 9.90 Å². The predicted molar refractivity (Wildman–Crippen MR) is 101 cm³/mol. The second-order valence-electron chi connectivity index (χ2n) is 5.31. The number of carbonyl (C=O) groups excluding carboxylic acids is 1. The maximum Gasteiger partial charge on any atom is 0.222 e. The fourth-order valence-electron chi connectivity index (χ4n) is 2.32.